The molecule has 0 aliphatic heterocycles. The van der Waals surface area contributed by atoms with Crippen LogP contribution in [-0.4, -0.2) is 14.8 Å². The molecule has 1 aromatic carbocycles. The summed E-state index contributed by atoms with van der Waals surface area (Å²) in [5, 5.41) is 7.58. The Morgan fingerprint density at radius 2 is 2.09 bits per heavy atom. The van der Waals surface area contributed by atoms with E-state index in [-0.39, 0.29) is 0 Å². The van der Waals surface area contributed by atoms with E-state index < -0.39 is 17.3 Å². The summed E-state index contributed by atoms with van der Waals surface area (Å²) < 4.78 is 40.3. The van der Waals surface area contributed by atoms with E-state index in [0.717, 1.165) is 30.8 Å². The maximum absolute atomic E-state index is 12.9. The van der Waals surface area contributed by atoms with Crippen LogP contribution in [0.2, 0.25) is 5.02 Å². The number of nitrogens with one attached hydrogen (secondary N) is 1. The molecule has 0 bridgehead atoms. The Hall–Kier alpha value is -1.60. The second kappa shape index (κ2) is 5.24. The molecule has 8 heteroatoms. The molecule has 0 spiro atoms. The van der Waals surface area contributed by atoms with Gasteiger partial charge in [0.15, 0.2) is 0 Å². The summed E-state index contributed by atoms with van der Waals surface area (Å²) >= 11 is 6.12. The zero-order valence-corrected chi connectivity index (χ0v) is 12.5. The third-order valence-corrected chi connectivity index (χ3v) is 4.28. The second-order valence-corrected chi connectivity index (χ2v) is 5.84. The van der Waals surface area contributed by atoms with Crippen LogP contribution in [0.25, 0.3) is 0 Å². The predicted molar refractivity (Wildman–Crippen MR) is 75.2 cm³/mol. The Balaban J connectivity index is 1.85. The van der Waals surface area contributed by atoms with Gasteiger partial charge in [0.2, 0.25) is 0 Å². The normalized spacial score (nSPS) is 16.8. The molecule has 3 rings (SSSR count). The Labute approximate surface area is 130 Å². The van der Waals surface area contributed by atoms with Gasteiger partial charge in [-0.1, -0.05) is 11.6 Å². The zero-order valence-electron chi connectivity index (χ0n) is 11.8. The summed E-state index contributed by atoms with van der Waals surface area (Å²) in [5.41, 5.74) is -0.700. The highest BCUT2D eigenvalue weighted by Crippen LogP contribution is 2.49. The highest BCUT2D eigenvalue weighted by molar-refractivity contribution is 6.31. The summed E-state index contributed by atoms with van der Waals surface area (Å²) in [7, 11) is 1.76. The van der Waals surface area contributed by atoms with Gasteiger partial charge in [0, 0.05) is 17.6 Å². The first-order valence-corrected chi connectivity index (χ1v) is 7.15. The number of alkyl halides is 3. The summed E-state index contributed by atoms with van der Waals surface area (Å²) in [6.45, 7) is 0.420. The lowest BCUT2D eigenvalue weighted by atomic mass is 10.0. The fourth-order valence-electron chi connectivity index (χ4n) is 2.46. The van der Waals surface area contributed by atoms with Crippen molar-refractivity contribution in [1.82, 2.24) is 20.1 Å². The Bertz CT molecular complexity index is 692. The van der Waals surface area contributed by atoms with Crippen LogP contribution < -0.4 is 5.32 Å². The van der Waals surface area contributed by atoms with Gasteiger partial charge in [-0.05, 0) is 36.6 Å². The number of rotatable bonds is 4. The van der Waals surface area contributed by atoms with E-state index in [2.05, 4.69) is 15.4 Å². The van der Waals surface area contributed by atoms with Crippen molar-refractivity contribution < 1.29 is 13.2 Å². The van der Waals surface area contributed by atoms with E-state index in [1.807, 2.05) is 0 Å². The van der Waals surface area contributed by atoms with Crippen LogP contribution in [0, 0.1) is 0 Å². The SMILES string of the molecule is Cn1ncnc1CNC1(c2cc(C(F)(F)F)ccc2Cl)CC1. The summed E-state index contributed by atoms with van der Waals surface area (Å²) in [4.78, 5) is 4.10. The number of hydrogen-bond donors (Lipinski definition) is 1. The monoisotopic (exact) mass is 330 g/mol. The molecule has 4 nitrogen and oxygen atoms in total. The number of aryl methyl sites for hydroxylation is 1. The smallest absolute Gasteiger partial charge is 0.300 e. The van der Waals surface area contributed by atoms with Crippen molar-refractivity contribution in [3.05, 3.63) is 46.5 Å². The quantitative estimate of drug-likeness (QED) is 0.935. The van der Waals surface area contributed by atoms with Crippen LogP contribution in [0.5, 0.6) is 0 Å². The first kappa shape index (κ1) is 15.3. The highest BCUT2D eigenvalue weighted by Gasteiger charge is 2.46. The molecule has 0 atom stereocenters. The average Bonchev–Trinajstić information content (AvgIpc) is 3.12. The maximum atomic E-state index is 12.9. The minimum Gasteiger partial charge on any atom is -0.300 e. The Morgan fingerprint density at radius 1 is 1.36 bits per heavy atom. The molecule has 1 N–H and O–H groups in total. The Morgan fingerprint density at radius 3 is 2.64 bits per heavy atom. The van der Waals surface area contributed by atoms with Gasteiger partial charge < -0.3 is 5.32 Å². The summed E-state index contributed by atoms with van der Waals surface area (Å²) in [6.07, 6.45) is -1.45. The van der Waals surface area contributed by atoms with Crippen LogP contribution in [0.15, 0.2) is 24.5 Å². The van der Waals surface area contributed by atoms with E-state index in [1.54, 1.807) is 11.7 Å². The van der Waals surface area contributed by atoms with Gasteiger partial charge in [0.05, 0.1) is 12.1 Å². The predicted octanol–water partition coefficient (Wildman–Crippen LogP) is 3.27. The van der Waals surface area contributed by atoms with Crippen molar-refractivity contribution in [1.29, 1.82) is 0 Å². The molecule has 2 aromatic rings. The van der Waals surface area contributed by atoms with E-state index in [1.165, 1.54) is 12.4 Å². The topological polar surface area (TPSA) is 42.7 Å². The number of nitrogens with zero attached hydrogens (tertiary/aromatic N) is 3. The van der Waals surface area contributed by atoms with Crippen molar-refractivity contribution in [3.8, 4) is 0 Å². The first-order chi connectivity index (χ1) is 10.3. The van der Waals surface area contributed by atoms with Gasteiger partial charge in [-0.2, -0.15) is 18.3 Å². The van der Waals surface area contributed by atoms with Crippen LogP contribution in [0.3, 0.4) is 0 Å². The third kappa shape index (κ3) is 2.83. The lowest BCUT2D eigenvalue weighted by Crippen LogP contribution is -2.30. The first-order valence-electron chi connectivity index (χ1n) is 6.77. The van der Waals surface area contributed by atoms with Crippen molar-refractivity contribution in [2.75, 3.05) is 0 Å². The molecule has 1 fully saturated rings. The molecule has 1 heterocycles. The van der Waals surface area contributed by atoms with E-state index in [4.69, 9.17) is 11.6 Å². The fraction of sp³-hybridized carbons (Fsp3) is 0.429. The molecule has 1 aromatic heterocycles. The molecule has 0 radical (unpaired) electrons. The molecule has 1 aliphatic rings. The second-order valence-electron chi connectivity index (χ2n) is 5.43. The lowest BCUT2D eigenvalue weighted by Gasteiger charge is -2.20. The number of halogens is 4. The summed E-state index contributed by atoms with van der Waals surface area (Å²) in [6, 6.07) is 3.45. The number of benzene rings is 1. The maximum Gasteiger partial charge on any atom is 0.416 e. The van der Waals surface area contributed by atoms with Crippen LogP contribution in [0.4, 0.5) is 13.2 Å². The van der Waals surface area contributed by atoms with E-state index >= 15 is 0 Å². The molecule has 0 amide bonds. The van der Waals surface area contributed by atoms with Gasteiger partial charge in [-0.25, -0.2) is 4.98 Å². The van der Waals surface area contributed by atoms with Crippen LogP contribution in [-0.2, 0) is 25.3 Å². The highest BCUT2D eigenvalue weighted by atomic mass is 35.5. The van der Waals surface area contributed by atoms with Crippen LogP contribution in [0.1, 0.15) is 29.8 Å². The zero-order chi connectivity index (χ0) is 16.0. The van der Waals surface area contributed by atoms with Gasteiger partial charge in [0.1, 0.15) is 12.2 Å². The van der Waals surface area contributed by atoms with Crippen molar-refractivity contribution in [2.24, 2.45) is 7.05 Å². The largest absolute Gasteiger partial charge is 0.416 e. The third-order valence-electron chi connectivity index (χ3n) is 3.95. The van der Waals surface area contributed by atoms with Gasteiger partial charge in [-0.3, -0.25) is 4.68 Å². The van der Waals surface area contributed by atoms with Gasteiger partial charge in [0.25, 0.3) is 0 Å². The van der Waals surface area contributed by atoms with Crippen molar-refractivity contribution in [2.45, 2.75) is 31.1 Å². The Kier molecular flexibility index (Phi) is 3.65. The van der Waals surface area contributed by atoms with Crippen molar-refractivity contribution >= 4 is 11.6 Å². The number of hydrogen-bond acceptors (Lipinski definition) is 3. The lowest BCUT2D eigenvalue weighted by molar-refractivity contribution is -0.137. The van der Waals surface area contributed by atoms with Gasteiger partial charge >= 0.3 is 6.18 Å². The van der Waals surface area contributed by atoms with Gasteiger partial charge in [-0.15, -0.1) is 0 Å². The molecule has 0 unspecified atom stereocenters. The number of aromatic nitrogens is 3. The fourth-order valence-corrected chi connectivity index (χ4v) is 2.76. The average molecular weight is 331 g/mol. The molecule has 0 saturated heterocycles. The summed E-state index contributed by atoms with van der Waals surface area (Å²) in [5.74, 6) is 0.717. The standard InChI is InChI=1S/C14H14ClF3N4/c1-22-12(19-8-21-22)7-20-13(4-5-13)10-6-9(14(16,17)18)2-3-11(10)15/h2-3,6,8,20H,4-5,7H2,1H3. The van der Waals surface area contributed by atoms with Crippen LogP contribution >= 0.6 is 11.6 Å². The molecule has 118 valence electrons. The minimum absolute atomic E-state index is 0.343. The van der Waals surface area contributed by atoms with E-state index in [0.29, 0.717) is 17.1 Å². The molecular weight excluding hydrogens is 317 g/mol. The minimum atomic E-state index is -4.38. The van der Waals surface area contributed by atoms with E-state index in [9.17, 15) is 13.2 Å². The van der Waals surface area contributed by atoms with Crippen molar-refractivity contribution in [3.63, 3.8) is 0 Å². The molecular formula is C14H14ClF3N4. The molecule has 1 saturated carbocycles. The molecule has 1 aliphatic carbocycles. The molecule has 22 heavy (non-hydrogen) atoms.